The maximum absolute atomic E-state index is 12.0. The number of hydrogen-bond donors (Lipinski definition) is 1. The van der Waals surface area contributed by atoms with Gasteiger partial charge in [0.15, 0.2) is 11.2 Å². The van der Waals surface area contributed by atoms with Gasteiger partial charge in [-0.25, -0.2) is 19.6 Å². The number of aromatic carboxylic acids is 1. The Kier molecular flexibility index (Phi) is 16.2. The summed E-state index contributed by atoms with van der Waals surface area (Å²) < 4.78 is 16.3. The third-order valence-corrected chi connectivity index (χ3v) is 8.05. The first-order valence-corrected chi connectivity index (χ1v) is 25.5. The van der Waals surface area contributed by atoms with Crippen molar-refractivity contribution in [2.75, 3.05) is 6.61 Å². The van der Waals surface area contributed by atoms with Gasteiger partial charge in [-0.05, 0) is 54.2 Å². The zero-order valence-corrected chi connectivity index (χ0v) is 38.0. The number of halogens is 4. The first-order valence-electron chi connectivity index (χ1n) is 15.7. The number of carbonyl (C=O) groups is 2. The molecule has 272 valence electrons. The number of rotatable bonds is 5. The van der Waals surface area contributed by atoms with Crippen LogP contribution in [0.3, 0.4) is 0 Å². The van der Waals surface area contributed by atoms with Crippen molar-refractivity contribution in [3.8, 4) is 22.5 Å². The number of pyridine rings is 2. The summed E-state index contributed by atoms with van der Waals surface area (Å²) in [5, 5.41) is 10.5. The van der Waals surface area contributed by atoms with Crippen molar-refractivity contribution in [3.63, 3.8) is 0 Å². The third-order valence-electron chi connectivity index (χ3n) is 7.54. The number of carboxylic acid groups (broad SMARTS) is 1. The molecule has 0 aliphatic carbocycles. The number of furan rings is 2. The molecular weight excluding hydrogens is 1010 g/mol. The quantitative estimate of drug-likeness (QED) is 0.134. The number of carbonyl (C=O) groups excluding carboxylic acids is 1. The van der Waals surface area contributed by atoms with Gasteiger partial charge in [0.1, 0.15) is 11.0 Å². The number of esters is 1. The average Bonchev–Trinajstić information content (AvgIpc) is 3.69. The molecule has 1 radical (unpaired) electrons. The molecule has 6 rings (SSSR count). The van der Waals surface area contributed by atoms with Gasteiger partial charge in [0.2, 0.25) is 11.5 Å². The van der Waals surface area contributed by atoms with Gasteiger partial charge in [0.25, 0.3) is 0 Å². The number of carboxylic acids is 1. The fraction of sp³-hybridized carbons (Fsp3) is 0.263. The molecule has 0 unspecified atom stereocenters. The van der Waals surface area contributed by atoms with Gasteiger partial charge in [-0.1, -0.05) is 89.0 Å². The molecule has 52 heavy (non-hydrogen) atoms. The first kappa shape index (κ1) is 44.4. The Morgan fingerprint density at radius 2 is 1.10 bits per heavy atom. The molecule has 0 fully saturated rings. The molecule has 0 amide bonds. The SMILES string of the molecule is CC(C)(C)c1cc(-c2ccc(Cl)cc2)nc2cc(C(=O)O)oc12.CCOC(=O)c1cc2nc(-c3ccc(Cl)cc3)cc(C(C)(C)C)c2o1.[I][V][I].[V]. The van der Waals surface area contributed by atoms with E-state index >= 15 is 0 Å². The van der Waals surface area contributed by atoms with Crippen molar-refractivity contribution in [1.29, 1.82) is 0 Å². The Bertz CT molecular complexity index is 2160. The largest absolute Gasteiger partial charge is 0 e. The number of nitrogens with zero attached hydrogens (tertiary/aromatic N) is 2. The van der Waals surface area contributed by atoms with Gasteiger partial charge in [-0.3, -0.25) is 0 Å². The van der Waals surface area contributed by atoms with Crippen LogP contribution in [0.5, 0.6) is 0 Å². The molecule has 0 saturated heterocycles. The fourth-order valence-electron chi connectivity index (χ4n) is 5.10. The molecule has 4 heterocycles. The summed E-state index contributed by atoms with van der Waals surface area (Å²) in [7, 11) is 0.628. The van der Waals surface area contributed by atoms with Gasteiger partial charge in [-0.2, -0.15) is 0 Å². The van der Waals surface area contributed by atoms with Crippen LogP contribution >= 0.6 is 63.2 Å². The molecule has 6 aromatic rings. The van der Waals surface area contributed by atoms with Gasteiger partial charge in [0.05, 0.1) is 18.0 Å². The average molecular weight is 1040 g/mol. The number of aromatic nitrogens is 2. The van der Waals surface area contributed by atoms with Crippen LogP contribution in [0.4, 0.5) is 0 Å². The molecule has 0 spiro atoms. The topological polar surface area (TPSA) is 116 Å². The first-order chi connectivity index (χ1) is 24.0. The van der Waals surface area contributed by atoms with Gasteiger partial charge in [-0.15, -0.1) is 0 Å². The van der Waals surface area contributed by atoms with E-state index < -0.39 is 11.9 Å². The molecule has 1 N–H and O–H groups in total. The summed E-state index contributed by atoms with van der Waals surface area (Å²) in [5.74, 6) is -1.52. The van der Waals surface area contributed by atoms with E-state index in [2.05, 4.69) is 91.5 Å². The van der Waals surface area contributed by atoms with E-state index in [0.717, 1.165) is 33.6 Å². The Labute approximate surface area is 353 Å². The van der Waals surface area contributed by atoms with Crippen LogP contribution < -0.4 is 0 Å². The van der Waals surface area contributed by atoms with Crippen molar-refractivity contribution in [1.82, 2.24) is 9.97 Å². The molecule has 0 bridgehead atoms. The predicted molar refractivity (Wildman–Crippen MR) is 217 cm³/mol. The summed E-state index contributed by atoms with van der Waals surface area (Å²) in [5.41, 5.74) is 7.28. The molecule has 0 aliphatic heterocycles. The Morgan fingerprint density at radius 1 is 0.731 bits per heavy atom. The van der Waals surface area contributed by atoms with Crippen molar-refractivity contribution in [2.24, 2.45) is 0 Å². The standard InChI is InChI=1S/C20H20ClNO3.C18H16ClNO3.2HI.2V/c1-5-24-19(23)17-11-16-18(25-17)14(20(2,3)4)10-15(22-16)12-6-8-13(21)9-7-12;1-18(2,3)12-8-13(10-4-6-11(19)7-5-10)20-14-9-15(17(21)22)23-16(12)14;;;;/h6-11H,5H2,1-4H3;4-9H,1-3H3,(H,21,22);2*1H;;/q;;;;;+2/p-2. The number of benzene rings is 2. The monoisotopic (exact) mass is 1040 g/mol. The van der Waals surface area contributed by atoms with Crippen molar-refractivity contribution in [3.05, 3.63) is 105 Å². The number of fused-ring (bicyclic) bond motifs is 2. The second-order valence-corrected chi connectivity index (χ2v) is 26.0. The minimum absolute atomic E-state index is 0. The predicted octanol–water partition coefficient (Wildman–Crippen LogP) is 12.5. The molecule has 0 atom stereocenters. The van der Waals surface area contributed by atoms with E-state index in [1.54, 1.807) is 25.1 Å². The molecule has 2 aromatic carbocycles. The Morgan fingerprint density at radius 3 is 1.44 bits per heavy atom. The van der Waals surface area contributed by atoms with Crippen LogP contribution in [0.15, 0.2) is 81.6 Å². The second kappa shape index (κ2) is 19.0. The van der Waals surface area contributed by atoms with Crippen LogP contribution in [0, 0.1) is 0 Å². The Hall–Kier alpha value is -2.03. The van der Waals surface area contributed by atoms with E-state index in [1.807, 2.05) is 48.5 Å². The smallest absolute Gasteiger partial charge is 0 e. The van der Waals surface area contributed by atoms with Crippen molar-refractivity contribution in [2.45, 2.75) is 59.3 Å². The summed E-state index contributed by atoms with van der Waals surface area (Å²) >= 11 is 16.7. The summed E-state index contributed by atoms with van der Waals surface area (Å²) in [6.45, 7) is 14.5. The van der Waals surface area contributed by atoms with Crippen LogP contribution in [0.2, 0.25) is 10.0 Å². The van der Waals surface area contributed by atoms with E-state index in [-0.39, 0.29) is 40.9 Å². The fourth-order valence-corrected chi connectivity index (χ4v) is 5.35. The maximum atomic E-state index is 12.0. The summed E-state index contributed by atoms with van der Waals surface area (Å²) in [6.07, 6.45) is 0. The molecule has 14 heteroatoms. The van der Waals surface area contributed by atoms with Gasteiger partial charge < -0.3 is 18.7 Å². The van der Waals surface area contributed by atoms with Crippen LogP contribution in [0.1, 0.15) is 80.7 Å². The van der Waals surface area contributed by atoms with Crippen LogP contribution in [-0.4, -0.2) is 33.6 Å². The van der Waals surface area contributed by atoms with Gasteiger partial charge >= 0.3 is 61.4 Å². The molecular formula is C38H36Cl2I2N2O6V2. The third kappa shape index (κ3) is 11.3. The Balaban J connectivity index is 0.000000257. The van der Waals surface area contributed by atoms with E-state index in [0.29, 0.717) is 48.3 Å². The minimum Gasteiger partial charge on any atom is 0 e. The molecule has 0 saturated carbocycles. The van der Waals surface area contributed by atoms with E-state index in [9.17, 15) is 9.59 Å². The summed E-state index contributed by atoms with van der Waals surface area (Å²) in [6, 6.07) is 22.0. The molecule has 4 aromatic heterocycles. The molecule has 8 nitrogen and oxygen atoms in total. The number of ether oxygens (including phenoxy) is 1. The molecule has 0 aliphatic rings. The van der Waals surface area contributed by atoms with E-state index in [1.165, 1.54) is 6.07 Å². The van der Waals surface area contributed by atoms with Crippen LogP contribution in [0.25, 0.3) is 44.7 Å². The normalized spacial score (nSPS) is 11.1. The van der Waals surface area contributed by atoms with Gasteiger partial charge in [0, 0.05) is 63.0 Å². The van der Waals surface area contributed by atoms with Crippen LogP contribution in [-0.2, 0) is 43.6 Å². The zero-order valence-electron chi connectivity index (χ0n) is 29.4. The maximum Gasteiger partial charge on any atom is 0 e. The van der Waals surface area contributed by atoms with Crippen molar-refractivity contribution < 1.29 is 56.3 Å². The van der Waals surface area contributed by atoms with Crippen molar-refractivity contribution >= 4 is 97.3 Å². The zero-order chi connectivity index (χ0) is 37.7. The number of hydrogen-bond acceptors (Lipinski definition) is 7. The summed E-state index contributed by atoms with van der Waals surface area (Å²) in [4.78, 5) is 32.4. The van der Waals surface area contributed by atoms with E-state index in [4.69, 9.17) is 41.9 Å². The second-order valence-electron chi connectivity index (χ2n) is 13.4. The minimum atomic E-state index is -1.10.